The molecular weight excluding hydrogens is 352 g/mol. The lowest BCUT2D eigenvalue weighted by Gasteiger charge is -2.52. The average Bonchev–Trinajstić information content (AvgIpc) is 2.60. The molecule has 2 bridgehead atoms. The summed E-state index contributed by atoms with van der Waals surface area (Å²) in [5.74, 6) is 1.43. The van der Waals surface area contributed by atoms with Crippen LogP contribution in [0.1, 0.15) is 31.4 Å². The van der Waals surface area contributed by atoms with Crippen molar-refractivity contribution < 1.29 is 5.11 Å². The summed E-state index contributed by atoms with van der Waals surface area (Å²) in [4.78, 5) is 7.48. The van der Waals surface area contributed by atoms with Crippen molar-refractivity contribution in [2.45, 2.75) is 36.7 Å². The fourth-order valence-corrected chi connectivity index (χ4v) is 5.14. The number of fused-ring (bicyclic) bond motifs is 4. The molecule has 6 atom stereocenters. The van der Waals surface area contributed by atoms with Crippen molar-refractivity contribution >= 4 is 26.8 Å². The third-order valence-electron chi connectivity index (χ3n) is 5.81. The molecule has 4 heterocycles. The van der Waals surface area contributed by atoms with Gasteiger partial charge in [0, 0.05) is 29.0 Å². The number of hydrogen-bond donors (Lipinski definition) is 1. The number of hydrogen-bond acceptors (Lipinski definition) is 3. The van der Waals surface area contributed by atoms with E-state index in [0.717, 1.165) is 41.9 Å². The molecule has 3 aliphatic heterocycles. The first kappa shape index (κ1) is 15.6. The van der Waals surface area contributed by atoms with Gasteiger partial charge in [-0.15, -0.1) is 0 Å². The summed E-state index contributed by atoms with van der Waals surface area (Å²) in [7, 11) is 0. The second-order valence-electron chi connectivity index (χ2n) is 7.05. The molecule has 2 aromatic rings. The van der Waals surface area contributed by atoms with Gasteiger partial charge in [-0.05, 0) is 48.9 Å². The van der Waals surface area contributed by atoms with E-state index in [4.69, 9.17) is 0 Å². The quantitative estimate of drug-likeness (QED) is 0.830. The molecule has 3 aliphatic rings. The summed E-state index contributed by atoms with van der Waals surface area (Å²) >= 11 is 3.77. The monoisotopic (exact) mass is 374 g/mol. The minimum atomic E-state index is -0.433. The van der Waals surface area contributed by atoms with Gasteiger partial charge in [0.2, 0.25) is 0 Å². The first-order valence-electron chi connectivity index (χ1n) is 8.55. The molecule has 4 heteroatoms. The number of benzene rings is 1. The molecule has 122 valence electrons. The van der Waals surface area contributed by atoms with Crippen LogP contribution in [0.25, 0.3) is 10.9 Å². The molecule has 2 unspecified atom stereocenters. The van der Waals surface area contributed by atoms with Gasteiger partial charge in [0.05, 0.1) is 11.6 Å². The lowest BCUT2D eigenvalue weighted by Crippen LogP contribution is -2.56. The number of aromatic nitrogens is 1. The van der Waals surface area contributed by atoms with E-state index in [1.807, 2.05) is 30.5 Å². The molecule has 0 aliphatic carbocycles. The van der Waals surface area contributed by atoms with Crippen molar-refractivity contribution in [3.63, 3.8) is 0 Å². The van der Waals surface area contributed by atoms with Gasteiger partial charge in [-0.25, -0.2) is 0 Å². The van der Waals surface area contributed by atoms with Gasteiger partial charge in [0.15, 0.2) is 0 Å². The van der Waals surface area contributed by atoms with Crippen LogP contribution in [0.3, 0.4) is 0 Å². The zero-order valence-corrected chi connectivity index (χ0v) is 15.0. The molecule has 3 nitrogen and oxygen atoms in total. The number of aliphatic hydroxyl groups excluding tert-OH is 1. The van der Waals surface area contributed by atoms with Gasteiger partial charge in [0.1, 0.15) is 0 Å². The van der Waals surface area contributed by atoms with Crippen molar-refractivity contribution in [2.24, 2.45) is 11.8 Å². The van der Waals surface area contributed by atoms with Crippen LogP contribution in [-0.2, 0) is 0 Å². The first-order valence-corrected chi connectivity index (χ1v) is 9.46. The summed E-state index contributed by atoms with van der Waals surface area (Å²) in [5, 5.41) is 12.2. The van der Waals surface area contributed by atoms with E-state index in [0.29, 0.717) is 10.7 Å². The zero-order valence-electron chi connectivity index (χ0n) is 13.4. The van der Waals surface area contributed by atoms with Crippen LogP contribution in [0.4, 0.5) is 0 Å². The van der Waals surface area contributed by atoms with Gasteiger partial charge < -0.3 is 5.11 Å². The number of alkyl halides is 1. The normalized spacial score (nSPS) is 32.8. The third-order valence-corrected chi connectivity index (χ3v) is 6.49. The van der Waals surface area contributed by atoms with Crippen LogP contribution >= 0.6 is 15.9 Å². The van der Waals surface area contributed by atoms with E-state index in [2.05, 4.69) is 38.8 Å². The van der Waals surface area contributed by atoms with E-state index in [-0.39, 0.29) is 6.04 Å². The van der Waals surface area contributed by atoms with Crippen LogP contribution in [0.15, 0.2) is 36.5 Å². The Labute approximate surface area is 145 Å². The number of rotatable bonds is 3. The first-order chi connectivity index (χ1) is 11.1. The summed E-state index contributed by atoms with van der Waals surface area (Å²) < 4.78 is 0. The number of aliphatic hydroxyl groups is 1. The Balaban J connectivity index is 1.64. The summed E-state index contributed by atoms with van der Waals surface area (Å²) in [5.41, 5.74) is 1.99. The standard InChI is InChI=1S/C19H23BrN2O/c1-12(20)16-11-22-9-7-13(16)10-18(22)19(23)15-6-8-21-17-5-3-2-4-14(15)17/h2-6,8,12-13,16,18-19,23H,7,9-11H2,1H3/t12?,13-,16+,18+,19+/m0/s1. The second-order valence-corrected chi connectivity index (χ2v) is 8.49. The zero-order chi connectivity index (χ0) is 16.0. The number of para-hydroxylation sites is 1. The largest absolute Gasteiger partial charge is 0.387 e. The van der Waals surface area contributed by atoms with Crippen LogP contribution in [0, 0.1) is 11.8 Å². The highest BCUT2D eigenvalue weighted by Gasteiger charge is 2.44. The van der Waals surface area contributed by atoms with Crippen molar-refractivity contribution in [1.82, 2.24) is 9.88 Å². The van der Waals surface area contributed by atoms with Crippen molar-refractivity contribution in [1.29, 1.82) is 0 Å². The fraction of sp³-hybridized carbons (Fsp3) is 0.526. The van der Waals surface area contributed by atoms with Gasteiger partial charge in [-0.3, -0.25) is 9.88 Å². The maximum atomic E-state index is 11.1. The SMILES string of the molecule is CC(Br)[C@H]1CN2CC[C@H]1C[C@@H]2[C@H](O)c1ccnc2ccccc12. The molecule has 3 saturated heterocycles. The van der Waals surface area contributed by atoms with Crippen LogP contribution in [-0.4, -0.2) is 38.9 Å². The molecule has 1 N–H and O–H groups in total. The maximum Gasteiger partial charge on any atom is 0.0952 e. The lowest BCUT2D eigenvalue weighted by atomic mass is 9.72. The van der Waals surface area contributed by atoms with E-state index < -0.39 is 6.10 Å². The average molecular weight is 375 g/mol. The van der Waals surface area contributed by atoms with Crippen molar-refractivity contribution in [3.05, 3.63) is 42.1 Å². The van der Waals surface area contributed by atoms with E-state index in [1.54, 1.807) is 0 Å². The summed E-state index contributed by atoms with van der Waals surface area (Å²) in [6.07, 6.45) is 3.75. The number of nitrogens with zero attached hydrogens (tertiary/aromatic N) is 2. The predicted molar refractivity (Wildman–Crippen MR) is 96.7 cm³/mol. The Morgan fingerprint density at radius 3 is 2.87 bits per heavy atom. The van der Waals surface area contributed by atoms with Crippen molar-refractivity contribution in [3.8, 4) is 0 Å². The fourth-order valence-electron chi connectivity index (χ4n) is 4.54. The smallest absolute Gasteiger partial charge is 0.0952 e. The molecule has 5 rings (SSSR count). The Hall–Kier alpha value is -0.970. The lowest BCUT2D eigenvalue weighted by molar-refractivity contribution is -0.0544. The number of halogens is 1. The minimum absolute atomic E-state index is 0.238. The van der Waals surface area contributed by atoms with E-state index in [9.17, 15) is 5.11 Å². The van der Waals surface area contributed by atoms with Crippen LogP contribution < -0.4 is 0 Å². The molecule has 3 fully saturated rings. The molecular formula is C19H23BrN2O. The molecule has 0 spiro atoms. The van der Waals surface area contributed by atoms with Gasteiger partial charge in [-0.2, -0.15) is 0 Å². The predicted octanol–water partition coefficient (Wildman–Crippen LogP) is 3.76. The maximum absolute atomic E-state index is 11.1. The highest BCUT2D eigenvalue weighted by atomic mass is 79.9. The van der Waals surface area contributed by atoms with Gasteiger partial charge in [0.25, 0.3) is 0 Å². The van der Waals surface area contributed by atoms with Gasteiger partial charge >= 0.3 is 0 Å². The number of piperidine rings is 3. The highest BCUT2D eigenvalue weighted by molar-refractivity contribution is 9.09. The van der Waals surface area contributed by atoms with Crippen molar-refractivity contribution in [2.75, 3.05) is 13.1 Å². The van der Waals surface area contributed by atoms with Gasteiger partial charge in [-0.1, -0.05) is 41.1 Å². The summed E-state index contributed by atoms with van der Waals surface area (Å²) in [6, 6.07) is 10.3. The Morgan fingerprint density at radius 2 is 2.13 bits per heavy atom. The third kappa shape index (κ3) is 2.71. The van der Waals surface area contributed by atoms with E-state index >= 15 is 0 Å². The Bertz CT molecular complexity index is 699. The Kier molecular flexibility index (Phi) is 4.16. The van der Waals surface area contributed by atoms with Crippen LogP contribution in [0.2, 0.25) is 0 Å². The molecule has 1 aromatic carbocycles. The molecule has 0 saturated carbocycles. The Morgan fingerprint density at radius 1 is 1.30 bits per heavy atom. The number of pyridine rings is 1. The molecule has 23 heavy (non-hydrogen) atoms. The molecule has 1 aromatic heterocycles. The minimum Gasteiger partial charge on any atom is -0.387 e. The molecule has 0 amide bonds. The topological polar surface area (TPSA) is 36.4 Å². The molecule has 0 radical (unpaired) electrons. The second kappa shape index (κ2) is 6.15. The van der Waals surface area contributed by atoms with Crippen LogP contribution in [0.5, 0.6) is 0 Å². The summed E-state index contributed by atoms with van der Waals surface area (Å²) in [6.45, 7) is 4.47. The van der Waals surface area contributed by atoms with E-state index in [1.165, 1.54) is 6.42 Å². The highest BCUT2D eigenvalue weighted by Crippen LogP contribution is 2.43.